The van der Waals surface area contributed by atoms with Gasteiger partial charge in [0.05, 0.1) is 0 Å². The molecule has 0 aromatic carbocycles. The Morgan fingerprint density at radius 2 is 1.83 bits per heavy atom. The Morgan fingerprint density at radius 1 is 1.22 bits per heavy atom. The van der Waals surface area contributed by atoms with Crippen molar-refractivity contribution in [2.45, 2.75) is 46.6 Å². The van der Waals surface area contributed by atoms with Gasteiger partial charge in [0.15, 0.2) is 0 Å². The van der Waals surface area contributed by atoms with Gasteiger partial charge in [-0.1, -0.05) is 20.8 Å². The highest BCUT2D eigenvalue weighted by Crippen LogP contribution is 2.03. The van der Waals surface area contributed by atoms with Crippen molar-refractivity contribution in [3.63, 3.8) is 0 Å². The van der Waals surface area contributed by atoms with E-state index in [1.54, 1.807) is 13.8 Å². The van der Waals surface area contributed by atoms with Gasteiger partial charge in [-0.3, -0.25) is 9.59 Å². The maximum atomic E-state index is 11.6. The molecule has 106 valence electrons. The molecule has 0 aliphatic carbocycles. The zero-order valence-electron chi connectivity index (χ0n) is 11.7. The number of rotatable bonds is 9. The number of carbonyl (C=O) groups is 2. The Bertz CT molecular complexity index is 266. The molecular formula is C13H25NO4. The van der Waals surface area contributed by atoms with Crippen molar-refractivity contribution in [1.29, 1.82) is 0 Å². The van der Waals surface area contributed by atoms with Gasteiger partial charge < -0.3 is 15.2 Å². The van der Waals surface area contributed by atoms with Crippen LogP contribution >= 0.6 is 0 Å². The van der Waals surface area contributed by atoms with E-state index in [0.717, 1.165) is 6.42 Å². The Morgan fingerprint density at radius 3 is 2.33 bits per heavy atom. The van der Waals surface area contributed by atoms with Gasteiger partial charge in [-0.2, -0.15) is 0 Å². The monoisotopic (exact) mass is 259 g/mol. The van der Waals surface area contributed by atoms with Crippen molar-refractivity contribution in [2.75, 3.05) is 13.2 Å². The number of aliphatic carboxylic acids is 1. The fourth-order valence-corrected chi connectivity index (χ4v) is 1.35. The smallest absolute Gasteiger partial charge is 0.303 e. The van der Waals surface area contributed by atoms with Crippen LogP contribution in [-0.4, -0.2) is 36.2 Å². The predicted molar refractivity (Wildman–Crippen MR) is 69.3 cm³/mol. The Hall–Kier alpha value is -1.10. The third-order valence-electron chi connectivity index (χ3n) is 2.58. The first-order valence-corrected chi connectivity index (χ1v) is 6.44. The maximum Gasteiger partial charge on any atom is 0.303 e. The summed E-state index contributed by atoms with van der Waals surface area (Å²) < 4.78 is 5.40. The maximum absolute atomic E-state index is 11.6. The summed E-state index contributed by atoms with van der Waals surface area (Å²) in [5.41, 5.74) is 0. The Kier molecular flexibility index (Phi) is 8.37. The van der Waals surface area contributed by atoms with Crippen LogP contribution in [0, 0.1) is 11.8 Å². The standard InChI is InChI=1S/C13H25NO4/c1-9(2)5-6-18-11(4)13(17)14-8-10(3)7-12(15)16/h9-11H,5-8H2,1-4H3,(H,14,17)(H,15,16). The lowest BCUT2D eigenvalue weighted by molar-refractivity contribution is -0.138. The molecule has 5 nitrogen and oxygen atoms in total. The molecule has 0 rings (SSSR count). The van der Waals surface area contributed by atoms with Crippen molar-refractivity contribution in [3.8, 4) is 0 Å². The lowest BCUT2D eigenvalue weighted by Gasteiger charge is -2.16. The van der Waals surface area contributed by atoms with E-state index < -0.39 is 12.1 Å². The SMILES string of the molecule is CC(C)CCOC(C)C(=O)NCC(C)CC(=O)O. The van der Waals surface area contributed by atoms with Crippen molar-refractivity contribution in [3.05, 3.63) is 0 Å². The zero-order valence-corrected chi connectivity index (χ0v) is 11.7. The second kappa shape index (κ2) is 8.91. The summed E-state index contributed by atoms with van der Waals surface area (Å²) in [4.78, 5) is 22.1. The number of carbonyl (C=O) groups excluding carboxylic acids is 1. The molecule has 0 fully saturated rings. The van der Waals surface area contributed by atoms with E-state index in [1.807, 2.05) is 0 Å². The molecule has 18 heavy (non-hydrogen) atoms. The quantitative estimate of drug-likeness (QED) is 0.660. The molecule has 0 bridgehead atoms. The van der Waals surface area contributed by atoms with Gasteiger partial charge in [0.25, 0.3) is 0 Å². The second-order valence-electron chi connectivity index (χ2n) is 5.14. The molecule has 2 atom stereocenters. The van der Waals surface area contributed by atoms with Gasteiger partial charge >= 0.3 is 5.97 Å². The van der Waals surface area contributed by atoms with Crippen LogP contribution in [0.2, 0.25) is 0 Å². The van der Waals surface area contributed by atoms with E-state index in [1.165, 1.54) is 0 Å². The highest BCUT2D eigenvalue weighted by atomic mass is 16.5. The second-order valence-corrected chi connectivity index (χ2v) is 5.14. The van der Waals surface area contributed by atoms with Gasteiger partial charge in [-0.15, -0.1) is 0 Å². The molecular weight excluding hydrogens is 234 g/mol. The van der Waals surface area contributed by atoms with E-state index in [0.29, 0.717) is 19.1 Å². The van der Waals surface area contributed by atoms with Crippen molar-refractivity contribution < 1.29 is 19.4 Å². The fourth-order valence-electron chi connectivity index (χ4n) is 1.35. The van der Waals surface area contributed by atoms with Crippen LogP contribution in [-0.2, 0) is 14.3 Å². The van der Waals surface area contributed by atoms with Crippen LogP contribution in [0.15, 0.2) is 0 Å². The molecule has 0 radical (unpaired) electrons. The molecule has 0 spiro atoms. The van der Waals surface area contributed by atoms with Crippen LogP contribution in [0.1, 0.15) is 40.5 Å². The minimum atomic E-state index is -0.849. The van der Waals surface area contributed by atoms with E-state index in [2.05, 4.69) is 19.2 Å². The third-order valence-corrected chi connectivity index (χ3v) is 2.58. The molecule has 0 aromatic rings. The van der Waals surface area contributed by atoms with Gasteiger partial charge in [-0.05, 0) is 25.2 Å². The van der Waals surface area contributed by atoms with E-state index in [9.17, 15) is 9.59 Å². The average molecular weight is 259 g/mol. The minimum absolute atomic E-state index is 0.0584. The fraction of sp³-hybridized carbons (Fsp3) is 0.846. The van der Waals surface area contributed by atoms with Crippen LogP contribution in [0.4, 0.5) is 0 Å². The first-order valence-electron chi connectivity index (χ1n) is 6.44. The van der Waals surface area contributed by atoms with Gasteiger partial charge in [0.1, 0.15) is 6.10 Å². The minimum Gasteiger partial charge on any atom is -0.481 e. The van der Waals surface area contributed by atoms with Crippen molar-refractivity contribution >= 4 is 11.9 Å². The Labute approximate surface area is 109 Å². The first kappa shape index (κ1) is 16.9. The zero-order chi connectivity index (χ0) is 14.1. The van der Waals surface area contributed by atoms with E-state index >= 15 is 0 Å². The number of amides is 1. The molecule has 2 N–H and O–H groups in total. The van der Waals surface area contributed by atoms with Crippen molar-refractivity contribution in [1.82, 2.24) is 5.32 Å². The summed E-state index contributed by atoms with van der Waals surface area (Å²) in [6, 6.07) is 0. The lowest BCUT2D eigenvalue weighted by atomic mass is 10.1. The van der Waals surface area contributed by atoms with Crippen LogP contribution in [0.3, 0.4) is 0 Å². The van der Waals surface area contributed by atoms with Gasteiger partial charge in [-0.25, -0.2) is 0 Å². The lowest BCUT2D eigenvalue weighted by Crippen LogP contribution is -2.37. The van der Waals surface area contributed by atoms with Crippen LogP contribution in [0.25, 0.3) is 0 Å². The van der Waals surface area contributed by atoms with Crippen molar-refractivity contribution in [2.24, 2.45) is 11.8 Å². The molecule has 2 unspecified atom stereocenters. The molecule has 0 aliphatic heterocycles. The number of ether oxygens (including phenoxy) is 1. The normalized spacial score (nSPS) is 14.3. The molecule has 0 aliphatic rings. The molecule has 0 aromatic heterocycles. The highest BCUT2D eigenvalue weighted by Gasteiger charge is 2.15. The summed E-state index contributed by atoms with van der Waals surface area (Å²) in [5, 5.41) is 11.3. The molecule has 0 heterocycles. The average Bonchev–Trinajstić information content (AvgIpc) is 2.24. The molecule has 0 saturated carbocycles. The third kappa shape index (κ3) is 8.98. The Balaban J connectivity index is 3.77. The molecule has 0 saturated heterocycles. The largest absolute Gasteiger partial charge is 0.481 e. The van der Waals surface area contributed by atoms with E-state index in [4.69, 9.17) is 9.84 Å². The first-order chi connectivity index (χ1) is 8.32. The molecule has 5 heteroatoms. The predicted octanol–water partition coefficient (Wildman–Crippen LogP) is 1.66. The highest BCUT2D eigenvalue weighted by molar-refractivity contribution is 5.80. The number of carboxylic acid groups (broad SMARTS) is 1. The summed E-state index contributed by atoms with van der Waals surface area (Å²) >= 11 is 0. The van der Waals surface area contributed by atoms with Gasteiger partial charge in [0, 0.05) is 19.6 Å². The van der Waals surface area contributed by atoms with Crippen LogP contribution < -0.4 is 5.32 Å². The summed E-state index contributed by atoms with van der Waals surface area (Å²) in [6.45, 7) is 8.62. The number of hydrogen-bond acceptors (Lipinski definition) is 3. The summed E-state index contributed by atoms with van der Waals surface area (Å²) in [7, 11) is 0. The number of nitrogens with one attached hydrogen (secondary N) is 1. The topological polar surface area (TPSA) is 75.6 Å². The number of hydrogen-bond donors (Lipinski definition) is 2. The van der Waals surface area contributed by atoms with Gasteiger partial charge in [0.2, 0.25) is 5.91 Å². The summed E-state index contributed by atoms with van der Waals surface area (Å²) in [5.74, 6) is -0.556. The van der Waals surface area contributed by atoms with Crippen LogP contribution in [0.5, 0.6) is 0 Å². The molecule has 1 amide bonds. The van der Waals surface area contributed by atoms with E-state index in [-0.39, 0.29) is 18.2 Å². The number of carboxylic acids is 1. The summed E-state index contributed by atoms with van der Waals surface area (Å²) in [6.07, 6.45) is 0.497.